The van der Waals surface area contributed by atoms with Gasteiger partial charge in [0.2, 0.25) is 0 Å². The molecule has 0 radical (unpaired) electrons. The van der Waals surface area contributed by atoms with Crippen molar-refractivity contribution in [1.29, 1.82) is 0 Å². The van der Waals surface area contributed by atoms with Crippen molar-refractivity contribution in [1.82, 2.24) is 4.90 Å². The summed E-state index contributed by atoms with van der Waals surface area (Å²) in [6.45, 7) is 8.53. The van der Waals surface area contributed by atoms with Crippen LogP contribution in [0.25, 0.3) is 0 Å². The molecule has 4 nitrogen and oxygen atoms in total. The van der Waals surface area contributed by atoms with Gasteiger partial charge in [0.05, 0.1) is 6.61 Å². The molecule has 0 saturated heterocycles. The van der Waals surface area contributed by atoms with Crippen molar-refractivity contribution in [2.75, 3.05) is 19.7 Å². The van der Waals surface area contributed by atoms with Gasteiger partial charge in [0.1, 0.15) is 5.60 Å². The van der Waals surface area contributed by atoms with E-state index in [-0.39, 0.29) is 12.7 Å². The third kappa shape index (κ3) is 7.19. The maximum absolute atomic E-state index is 11.6. The number of rotatable bonds is 5. The second kappa shape index (κ2) is 6.67. The molecule has 1 amide bonds. The molecule has 0 spiro atoms. The van der Waals surface area contributed by atoms with Crippen molar-refractivity contribution in [3.05, 3.63) is 0 Å². The molecular weight excluding hydrogens is 194 g/mol. The van der Waals surface area contributed by atoms with Crippen LogP contribution in [0.15, 0.2) is 0 Å². The van der Waals surface area contributed by atoms with Gasteiger partial charge in [-0.15, -0.1) is 0 Å². The number of ether oxygens (including phenoxy) is 1. The molecule has 0 aromatic rings. The molecule has 0 atom stereocenters. The van der Waals surface area contributed by atoms with Gasteiger partial charge in [-0.1, -0.05) is 13.3 Å². The predicted octanol–water partition coefficient (Wildman–Crippen LogP) is 2.02. The zero-order chi connectivity index (χ0) is 11.9. The Morgan fingerprint density at radius 1 is 1.33 bits per heavy atom. The van der Waals surface area contributed by atoms with Gasteiger partial charge >= 0.3 is 6.09 Å². The Hall–Kier alpha value is -0.770. The minimum absolute atomic E-state index is 0.0248. The van der Waals surface area contributed by atoms with Crippen LogP contribution in [-0.4, -0.2) is 41.4 Å². The summed E-state index contributed by atoms with van der Waals surface area (Å²) in [6.07, 6.45) is 1.61. The first kappa shape index (κ1) is 14.2. The van der Waals surface area contributed by atoms with E-state index in [1.165, 1.54) is 0 Å². The molecule has 0 aliphatic heterocycles. The molecule has 0 unspecified atom stereocenters. The topological polar surface area (TPSA) is 49.8 Å². The highest BCUT2D eigenvalue weighted by molar-refractivity contribution is 5.68. The first-order valence-electron chi connectivity index (χ1n) is 5.49. The number of aliphatic hydroxyl groups is 1. The van der Waals surface area contributed by atoms with Crippen molar-refractivity contribution in [2.45, 2.75) is 46.1 Å². The van der Waals surface area contributed by atoms with Crippen LogP contribution in [-0.2, 0) is 4.74 Å². The van der Waals surface area contributed by atoms with E-state index in [4.69, 9.17) is 9.84 Å². The molecule has 90 valence electrons. The van der Waals surface area contributed by atoms with E-state index in [2.05, 4.69) is 6.92 Å². The summed E-state index contributed by atoms with van der Waals surface area (Å²) in [4.78, 5) is 13.2. The number of nitrogens with zero attached hydrogens (tertiary/aromatic N) is 1. The quantitative estimate of drug-likeness (QED) is 0.766. The standard InChI is InChI=1S/C11H23NO3/c1-5-6-7-12(8-9-13)10(14)15-11(2,3)4/h13H,5-9H2,1-4H3. The predicted molar refractivity (Wildman–Crippen MR) is 59.8 cm³/mol. The van der Waals surface area contributed by atoms with Gasteiger partial charge in [0, 0.05) is 13.1 Å². The first-order valence-corrected chi connectivity index (χ1v) is 5.49. The Morgan fingerprint density at radius 3 is 2.33 bits per heavy atom. The van der Waals surface area contributed by atoms with Gasteiger partial charge in [0.25, 0.3) is 0 Å². The summed E-state index contributed by atoms with van der Waals surface area (Å²) in [7, 11) is 0. The molecule has 1 N–H and O–H groups in total. The van der Waals surface area contributed by atoms with Crippen LogP contribution in [0.3, 0.4) is 0 Å². The zero-order valence-corrected chi connectivity index (χ0v) is 10.2. The number of hydrogen-bond acceptors (Lipinski definition) is 3. The fourth-order valence-corrected chi connectivity index (χ4v) is 1.09. The number of carbonyl (C=O) groups is 1. The van der Waals surface area contributed by atoms with Crippen molar-refractivity contribution < 1.29 is 14.6 Å². The summed E-state index contributed by atoms with van der Waals surface area (Å²) < 4.78 is 5.23. The molecule has 0 bridgehead atoms. The average molecular weight is 217 g/mol. The summed E-state index contributed by atoms with van der Waals surface area (Å²) in [5.41, 5.74) is -0.475. The third-order valence-corrected chi connectivity index (χ3v) is 1.80. The van der Waals surface area contributed by atoms with Crippen molar-refractivity contribution >= 4 is 6.09 Å². The van der Waals surface area contributed by atoms with Gasteiger partial charge in [-0.25, -0.2) is 4.79 Å². The summed E-state index contributed by atoms with van der Waals surface area (Å²) >= 11 is 0. The molecule has 0 aliphatic carbocycles. The second-order valence-electron chi connectivity index (χ2n) is 4.54. The molecule has 0 saturated carbocycles. The van der Waals surface area contributed by atoms with Gasteiger partial charge in [0.15, 0.2) is 0 Å². The highest BCUT2D eigenvalue weighted by Crippen LogP contribution is 2.10. The summed E-state index contributed by atoms with van der Waals surface area (Å²) in [5.74, 6) is 0. The molecule has 0 aromatic heterocycles. The van der Waals surface area contributed by atoms with Gasteiger partial charge < -0.3 is 14.7 Å². The molecule has 0 aliphatic rings. The normalized spacial score (nSPS) is 11.3. The number of hydrogen-bond donors (Lipinski definition) is 1. The van der Waals surface area contributed by atoms with Crippen LogP contribution < -0.4 is 0 Å². The Morgan fingerprint density at radius 2 is 1.93 bits per heavy atom. The Labute approximate surface area is 92.2 Å². The van der Waals surface area contributed by atoms with E-state index in [0.29, 0.717) is 13.1 Å². The maximum atomic E-state index is 11.6. The van der Waals surface area contributed by atoms with Crippen molar-refractivity contribution in [3.63, 3.8) is 0 Å². The molecule has 0 fully saturated rings. The van der Waals surface area contributed by atoms with Crippen molar-refractivity contribution in [3.8, 4) is 0 Å². The van der Waals surface area contributed by atoms with Crippen LogP contribution >= 0.6 is 0 Å². The van der Waals surface area contributed by atoms with E-state index in [1.54, 1.807) is 4.90 Å². The number of carbonyl (C=O) groups excluding carboxylic acids is 1. The van der Waals surface area contributed by atoms with E-state index in [0.717, 1.165) is 12.8 Å². The highest BCUT2D eigenvalue weighted by Gasteiger charge is 2.21. The smallest absolute Gasteiger partial charge is 0.410 e. The Balaban J connectivity index is 4.15. The highest BCUT2D eigenvalue weighted by atomic mass is 16.6. The number of unbranched alkanes of at least 4 members (excludes halogenated alkanes) is 1. The lowest BCUT2D eigenvalue weighted by molar-refractivity contribution is 0.0216. The molecule has 0 aromatic carbocycles. The van der Waals surface area contributed by atoms with Crippen LogP contribution in [0.4, 0.5) is 4.79 Å². The summed E-state index contributed by atoms with van der Waals surface area (Å²) in [6, 6.07) is 0. The lowest BCUT2D eigenvalue weighted by atomic mass is 10.2. The minimum atomic E-state index is -0.475. The van der Waals surface area contributed by atoms with Gasteiger partial charge in [-0.2, -0.15) is 0 Å². The maximum Gasteiger partial charge on any atom is 0.410 e. The summed E-state index contributed by atoms with van der Waals surface area (Å²) in [5, 5.41) is 8.83. The first-order chi connectivity index (χ1) is 6.90. The van der Waals surface area contributed by atoms with Crippen LogP contribution in [0.5, 0.6) is 0 Å². The lowest BCUT2D eigenvalue weighted by Gasteiger charge is -2.26. The van der Waals surface area contributed by atoms with Gasteiger partial charge in [-0.05, 0) is 27.2 Å². The van der Waals surface area contributed by atoms with E-state index in [9.17, 15) is 4.79 Å². The van der Waals surface area contributed by atoms with E-state index >= 15 is 0 Å². The fourth-order valence-electron chi connectivity index (χ4n) is 1.09. The molecule has 0 heterocycles. The number of aliphatic hydroxyl groups excluding tert-OH is 1. The minimum Gasteiger partial charge on any atom is -0.444 e. The van der Waals surface area contributed by atoms with Crippen LogP contribution in [0.1, 0.15) is 40.5 Å². The SMILES string of the molecule is CCCCN(CCO)C(=O)OC(C)(C)C. The second-order valence-corrected chi connectivity index (χ2v) is 4.54. The fraction of sp³-hybridized carbons (Fsp3) is 0.909. The Bertz CT molecular complexity index is 187. The van der Waals surface area contributed by atoms with Gasteiger partial charge in [-0.3, -0.25) is 0 Å². The lowest BCUT2D eigenvalue weighted by Crippen LogP contribution is -2.39. The van der Waals surface area contributed by atoms with Crippen LogP contribution in [0, 0.1) is 0 Å². The average Bonchev–Trinajstić information content (AvgIpc) is 2.09. The molecule has 0 rings (SSSR count). The monoisotopic (exact) mass is 217 g/mol. The number of amides is 1. The van der Waals surface area contributed by atoms with Crippen molar-refractivity contribution in [2.24, 2.45) is 0 Å². The third-order valence-electron chi connectivity index (χ3n) is 1.80. The Kier molecular flexibility index (Phi) is 6.32. The van der Waals surface area contributed by atoms with E-state index < -0.39 is 5.60 Å². The molecular formula is C11H23NO3. The zero-order valence-electron chi connectivity index (χ0n) is 10.2. The van der Waals surface area contributed by atoms with E-state index in [1.807, 2.05) is 20.8 Å². The molecule has 15 heavy (non-hydrogen) atoms. The largest absolute Gasteiger partial charge is 0.444 e. The van der Waals surface area contributed by atoms with Crippen LogP contribution in [0.2, 0.25) is 0 Å². The molecule has 4 heteroatoms.